The molecule has 2 amide bonds. The molecule has 1 aliphatic heterocycles. The molecule has 0 saturated carbocycles. The fraction of sp³-hybridized carbons (Fsp3) is 0.619. The van der Waals surface area contributed by atoms with E-state index in [1.807, 2.05) is 14.1 Å². The van der Waals surface area contributed by atoms with Crippen LogP contribution in [-0.2, 0) is 11.2 Å². The van der Waals surface area contributed by atoms with Crippen LogP contribution < -0.4 is 5.32 Å². The molecule has 1 heterocycles. The smallest absolute Gasteiger partial charge is 0.317 e. The van der Waals surface area contributed by atoms with Crippen molar-refractivity contribution in [2.75, 3.05) is 33.7 Å². The molecule has 0 bridgehead atoms. The molecule has 2 atom stereocenters. The van der Waals surface area contributed by atoms with Gasteiger partial charge in [0.2, 0.25) is 0 Å². The number of carbonyl (C=O) groups excluding carboxylic acids is 1. The van der Waals surface area contributed by atoms with Crippen molar-refractivity contribution in [3.8, 4) is 0 Å². The average molecular weight is 376 g/mol. The summed E-state index contributed by atoms with van der Waals surface area (Å²) in [7, 11) is 3.99. The summed E-state index contributed by atoms with van der Waals surface area (Å²) in [6.07, 6.45) is 1.55. The fourth-order valence-electron chi connectivity index (χ4n) is 3.55. The van der Waals surface area contributed by atoms with Crippen LogP contribution in [0.2, 0.25) is 0 Å². The number of urea groups is 1. The molecule has 1 fully saturated rings. The van der Waals surface area contributed by atoms with Gasteiger partial charge in [-0.05, 0) is 50.9 Å². The summed E-state index contributed by atoms with van der Waals surface area (Å²) in [5.41, 5.74) is 1.63. The molecule has 1 aliphatic rings. The van der Waals surface area contributed by atoms with Crippen molar-refractivity contribution < 1.29 is 14.7 Å². The maximum Gasteiger partial charge on any atom is 0.317 e. The van der Waals surface area contributed by atoms with Crippen LogP contribution in [0.15, 0.2) is 24.3 Å². The summed E-state index contributed by atoms with van der Waals surface area (Å²) >= 11 is 0. The predicted octanol–water partition coefficient (Wildman–Crippen LogP) is 2.99. The predicted molar refractivity (Wildman–Crippen MR) is 107 cm³/mol. The lowest BCUT2D eigenvalue weighted by molar-refractivity contribution is -0.147. The van der Waals surface area contributed by atoms with Gasteiger partial charge in [-0.3, -0.25) is 4.79 Å². The molecule has 0 radical (unpaired) electrons. The number of nitrogens with one attached hydrogen (secondary N) is 1. The van der Waals surface area contributed by atoms with E-state index in [0.717, 1.165) is 12.0 Å². The molecule has 1 aromatic carbocycles. The number of likely N-dealkylation sites (tertiary alicyclic amines) is 1. The second-order valence-corrected chi connectivity index (χ2v) is 8.54. The third-order valence-corrected chi connectivity index (χ3v) is 5.36. The van der Waals surface area contributed by atoms with Crippen LogP contribution in [-0.4, -0.2) is 60.6 Å². The largest absolute Gasteiger partial charge is 0.481 e. The minimum absolute atomic E-state index is 0.0653. The molecule has 1 saturated heterocycles. The molecular formula is C21H33N3O3. The Kier molecular flexibility index (Phi) is 6.87. The molecule has 6 nitrogen and oxygen atoms in total. The molecule has 27 heavy (non-hydrogen) atoms. The van der Waals surface area contributed by atoms with Crippen LogP contribution in [0.4, 0.5) is 4.79 Å². The third kappa shape index (κ3) is 5.45. The van der Waals surface area contributed by atoms with Crippen molar-refractivity contribution in [1.29, 1.82) is 0 Å². The van der Waals surface area contributed by atoms with Gasteiger partial charge in [-0.1, -0.05) is 38.1 Å². The van der Waals surface area contributed by atoms with Crippen molar-refractivity contribution in [1.82, 2.24) is 15.1 Å². The molecule has 1 aromatic rings. The molecule has 0 aromatic heterocycles. The van der Waals surface area contributed by atoms with E-state index < -0.39 is 11.4 Å². The standard InChI is InChI=1S/C21H33N3O3/c1-15(2)12-16-6-8-17(9-7-16)18(23(4)5)13-22-20(27)24-11-10-21(3,14-24)19(25)26/h6-9,15,18H,10-14H2,1-5H3,(H,22,27)(H,25,26). The number of aliphatic carboxylic acids is 1. The SMILES string of the molecule is CC(C)Cc1ccc(C(CNC(=O)N2CCC(C)(C(=O)O)C2)N(C)C)cc1. The number of nitrogens with zero attached hydrogens (tertiary/aromatic N) is 2. The average Bonchev–Trinajstić information content (AvgIpc) is 2.99. The first-order chi connectivity index (χ1) is 12.6. The number of amides is 2. The normalized spacial score (nSPS) is 20.9. The monoisotopic (exact) mass is 375 g/mol. The third-order valence-electron chi connectivity index (χ3n) is 5.36. The summed E-state index contributed by atoms with van der Waals surface area (Å²) in [6, 6.07) is 8.45. The number of benzene rings is 1. The van der Waals surface area contributed by atoms with Gasteiger partial charge in [0.15, 0.2) is 0 Å². The van der Waals surface area contributed by atoms with E-state index >= 15 is 0 Å². The molecule has 0 aliphatic carbocycles. The van der Waals surface area contributed by atoms with Gasteiger partial charge in [-0.25, -0.2) is 4.79 Å². The fourth-order valence-corrected chi connectivity index (χ4v) is 3.55. The zero-order valence-corrected chi connectivity index (χ0v) is 17.2. The van der Waals surface area contributed by atoms with Crippen molar-refractivity contribution in [2.24, 2.45) is 11.3 Å². The first-order valence-corrected chi connectivity index (χ1v) is 9.64. The number of carboxylic acid groups (broad SMARTS) is 1. The first-order valence-electron chi connectivity index (χ1n) is 9.64. The second-order valence-electron chi connectivity index (χ2n) is 8.54. The van der Waals surface area contributed by atoms with Gasteiger partial charge >= 0.3 is 12.0 Å². The van der Waals surface area contributed by atoms with E-state index in [1.54, 1.807) is 11.8 Å². The molecule has 0 spiro atoms. The molecule has 2 N–H and O–H groups in total. The quantitative estimate of drug-likeness (QED) is 0.768. The van der Waals surface area contributed by atoms with Crippen LogP contribution >= 0.6 is 0 Å². The maximum absolute atomic E-state index is 12.5. The summed E-state index contributed by atoms with van der Waals surface area (Å²) in [5.74, 6) is -0.220. The van der Waals surface area contributed by atoms with Crippen molar-refractivity contribution in [2.45, 2.75) is 39.7 Å². The lowest BCUT2D eigenvalue weighted by Crippen LogP contribution is -2.43. The molecule has 2 unspecified atom stereocenters. The summed E-state index contributed by atoms with van der Waals surface area (Å²) in [4.78, 5) is 27.5. The number of carboxylic acids is 1. The van der Waals surface area contributed by atoms with Gasteiger partial charge in [0.25, 0.3) is 0 Å². The van der Waals surface area contributed by atoms with E-state index in [1.165, 1.54) is 5.56 Å². The van der Waals surface area contributed by atoms with Gasteiger partial charge in [0.1, 0.15) is 0 Å². The minimum atomic E-state index is -0.843. The zero-order chi connectivity index (χ0) is 20.2. The van der Waals surface area contributed by atoms with Crippen LogP contribution in [0.5, 0.6) is 0 Å². The van der Waals surface area contributed by atoms with Crippen molar-refractivity contribution in [3.05, 3.63) is 35.4 Å². The number of likely N-dealkylation sites (N-methyl/N-ethyl adjacent to an activating group) is 1. The molecule has 2 rings (SSSR count). The first kappa shape index (κ1) is 21.2. The highest BCUT2D eigenvalue weighted by Crippen LogP contribution is 2.30. The minimum Gasteiger partial charge on any atom is -0.481 e. The lowest BCUT2D eigenvalue weighted by atomic mass is 9.90. The Balaban J connectivity index is 1.97. The van der Waals surface area contributed by atoms with Gasteiger partial charge in [-0.2, -0.15) is 0 Å². The Bertz CT molecular complexity index is 657. The Labute approximate surface area is 162 Å². The number of rotatable bonds is 7. The highest BCUT2D eigenvalue weighted by molar-refractivity contribution is 5.79. The number of hydrogen-bond donors (Lipinski definition) is 2. The molecular weight excluding hydrogens is 342 g/mol. The molecule has 150 valence electrons. The molecule has 6 heteroatoms. The topological polar surface area (TPSA) is 72.9 Å². The van der Waals surface area contributed by atoms with Crippen molar-refractivity contribution >= 4 is 12.0 Å². The second kappa shape index (κ2) is 8.74. The summed E-state index contributed by atoms with van der Waals surface area (Å²) in [5, 5.41) is 12.3. The van der Waals surface area contributed by atoms with E-state index in [2.05, 4.69) is 48.3 Å². The van der Waals surface area contributed by atoms with Crippen LogP contribution in [0, 0.1) is 11.3 Å². The Morgan fingerprint density at radius 3 is 2.37 bits per heavy atom. The highest BCUT2D eigenvalue weighted by atomic mass is 16.4. The van der Waals surface area contributed by atoms with E-state index in [-0.39, 0.29) is 18.6 Å². The van der Waals surface area contributed by atoms with E-state index in [9.17, 15) is 14.7 Å². The van der Waals surface area contributed by atoms with Gasteiger partial charge in [0.05, 0.1) is 11.5 Å². The van der Waals surface area contributed by atoms with E-state index in [4.69, 9.17) is 0 Å². The van der Waals surface area contributed by atoms with Crippen LogP contribution in [0.3, 0.4) is 0 Å². The highest BCUT2D eigenvalue weighted by Gasteiger charge is 2.42. The van der Waals surface area contributed by atoms with Crippen molar-refractivity contribution in [3.63, 3.8) is 0 Å². The lowest BCUT2D eigenvalue weighted by Gasteiger charge is -2.27. The van der Waals surface area contributed by atoms with Gasteiger partial charge < -0.3 is 20.2 Å². The zero-order valence-electron chi connectivity index (χ0n) is 17.2. The number of carbonyl (C=O) groups is 2. The summed E-state index contributed by atoms with van der Waals surface area (Å²) < 4.78 is 0. The van der Waals surface area contributed by atoms with Crippen LogP contribution in [0.1, 0.15) is 44.4 Å². The van der Waals surface area contributed by atoms with Gasteiger partial charge in [0, 0.05) is 19.6 Å². The van der Waals surface area contributed by atoms with E-state index in [0.29, 0.717) is 25.4 Å². The maximum atomic E-state index is 12.5. The van der Waals surface area contributed by atoms with Crippen LogP contribution in [0.25, 0.3) is 0 Å². The number of hydrogen-bond acceptors (Lipinski definition) is 3. The van der Waals surface area contributed by atoms with Gasteiger partial charge in [-0.15, -0.1) is 0 Å². The Morgan fingerprint density at radius 1 is 1.26 bits per heavy atom. The Morgan fingerprint density at radius 2 is 1.89 bits per heavy atom. The Hall–Kier alpha value is -2.08. The summed E-state index contributed by atoms with van der Waals surface area (Å²) in [6.45, 7) is 7.33.